The third kappa shape index (κ3) is 3.70. The number of pyridine rings is 1. The number of hydrogen-bond donors (Lipinski definition) is 1. The van der Waals surface area contributed by atoms with E-state index in [0.717, 1.165) is 26.9 Å². The van der Waals surface area contributed by atoms with Gasteiger partial charge >= 0.3 is 0 Å². The molecule has 0 bridgehead atoms. The van der Waals surface area contributed by atoms with Crippen molar-refractivity contribution in [3.05, 3.63) is 45.5 Å². The van der Waals surface area contributed by atoms with Gasteiger partial charge in [0.15, 0.2) is 15.9 Å². The van der Waals surface area contributed by atoms with Crippen LogP contribution >= 0.6 is 23.1 Å². The number of fused-ring (bicyclic) bond motifs is 3. The van der Waals surface area contributed by atoms with Crippen molar-refractivity contribution in [1.82, 2.24) is 19.6 Å². The first-order valence-electron chi connectivity index (χ1n) is 9.95. The molecule has 1 N–H and O–H groups in total. The van der Waals surface area contributed by atoms with Crippen LogP contribution in [-0.4, -0.2) is 30.7 Å². The van der Waals surface area contributed by atoms with Crippen LogP contribution in [0, 0.1) is 34.6 Å². The van der Waals surface area contributed by atoms with E-state index in [1.54, 1.807) is 0 Å². The van der Waals surface area contributed by atoms with E-state index in [1.165, 1.54) is 45.2 Å². The van der Waals surface area contributed by atoms with Gasteiger partial charge in [0.25, 0.3) is 0 Å². The summed E-state index contributed by atoms with van der Waals surface area (Å²) in [7, 11) is 0. The number of carbonyl (C=O) groups excluding carboxylic acids is 1. The lowest BCUT2D eigenvalue weighted by atomic mass is 10.0. The Morgan fingerprint density at radius 3 is 2.57 bits per heavy atom. The number of hydrogen-bond acceptors (Lipinski definition) is 6. The van der Waals surface area contributed by atoms with E-state index in [-0.39, 0.29) is 11.2 Å². The van der Waals surface area contributed by atoms with Crippen LogP contribution in [0.4, 0.5) is 5.13 Å². The number of anilines is 1. The van der Waals surface area contributed by atoms with Crippen molar-refractivity contribution in [2.24, 2.45) is 0 Å². The molecule has 6 nitrogen and oxygen atoms in total. The number of amides is 1. The van der Waals surface area contributed by atoms with Crippen LogP contribution in [0.2, 0.25) is 0 Å². The Bertz CT molecular complexity index is 1250. The summed E-state index contributed by atoms with van der Waals surface area (Å²) in [6.45, 7) is 12.3. The summed E-state index contributed by atoms with van der Waals surface area (Å²) in [5.41, 5.74) is 6.43. The molecule has 30 heavy (non-hydrogen) atoms. The zero-order valence-corrected chi connectivity index (χ0v) is 19.7. The monoisotopic (exact) mass is 439 g/mol. The number of carbonyl (C=O) groups is 1. The predicted octanol–water partition coefficient (Wildman–Crippen LogP) is 5.39. The summed E-state index contributed by atoms with van der Waals surface area (Å²) < 4.78 is 2.08. The highest BCUT2D eigenvalue weighted by molar-refractivity contribution is 8.00. The number of aromatic nitrogens is 4. The van der Waals surface area contributed by atoms with Gasteiger partial charge in [0.2, 0.25) is 5.91 Å². The largest absolute Gasteiger partial charge is 0.301 e. The lowest BCUT2D eigenvalue weighted by Gasteiger charge is -2.14. The second kappa shape index (κ2) is 8.00. The highest BCUT2D eigenvalue weighted by atomic mass is 32.2. The van der Waals surface area contributed by atoms with Crippen molar-refractivity contribution < 1.29 is 4.79 Å². The van der Waals surface area contributed by atoms with Crippen molar-refractivity contribution >= 4 is 50.7 Å². The second-order valence-corrected chi connectivity index (χ2v) is 10.0. The molecular weight excluding hydrogens is 414 g/mol. The van der Waals surface area contributed by atoms with Gasteiger partial charge in [-0.25, -0.2) is 4.98 Å². The SMILES string of the molecule is CCC(Sc1nnc2cc(C)c3cc(C)cc(C)c3n12)C(=O)Nc1nc(C)c(C)s1. The van der Waals surface area contributed by atoms with Gasteiger partial charge in [0, 0.05) is 10.3 Å². The minimum Gasteiger partial charge on any atom is -0.301 e. The molecule has 1 atom stereocenters. The fourth-order valence-corrected chi connectivity index (χ4v) is 5.43. The quantitative estimate of drug-likeness (QED) is 0.422. The summed E-state index contributed by atoms with van der Waals surface area (Å²) in [6, 6.07) is 6.43. The smallest absolute Gasteiger partial charge is 0.239 e. The van der Waals surface area contributed by atoms with Crippen molar-refractivity contribution in [2.45, 2.75) is 58.4 Å². The molecule has 156 valence electrons. The molecule has 0 radical (unpaired) electrons. The molecule has 0 saturated heterocycles. The Balaban J connectivity index is 1.72. The van der Waals surface area contributed by atoms with Crippen molar-refractivity contribution in [3.8, 4) is 0 Å². The number of benzene rings is 1. The first kappa shape index (κ1) is 20.8. The van der Waals surface area contributed by atoms with E-state index in [1.807, 2.05) is 20.8 Å². The fraction of sp³-hybridized carbons (Fsp3) is 0.364. The highest BCUT2D eigenvalue weighted by Gasteiger charge is 2.23. The summed E-state index contributed by atoms with van der Waals surface area (Å²) >= 11 is 2.95. The molecule has 3 heterocycles. The Kier molecular flexibility index (Phi) is 5.55. The molecule has 0 aliphatic heterocycles. The first-order valence-corrected chi connectivity index (χ1v) is 11.6. The number of thiazole rings is 1. The van der Waals surface area contributed by atoms with E-state index >= 15 is 0 Å². The van der Waals surface area contributed by atoms with Gasteiger partial charge in [-0.3, -0.25) is 9.20 Å². The fourth-order valence-electron chi connectivity index (χ4n) is 3.65. The van der Waals surface area contributed by atoms with Gasteiger partial charge in [-0.2, -0.15) is 0 Å². The molecule has 0 saturated carbocycles. The lowest BCUT2D eigenvalue weighted by molar-refractivity contribution is -0.115. The highest BCUT2D eigenvalue weighted by Crippen LogP contribution is 2.32. The van der Waals surface area contributed by atoms with E-state index in [0.29, 0.717) is 11.6 Å². The van der Waals surface area contributed by atoms with Gasteiger partial charge in [0.1, 0.15) is 0 Å². The number of aryl methyl sites for hydroxylation is 5. The zero-order valence-electron chi connectivity index (χ0n) is 18.0. The molecule has 0 spiro atoms. The van der Waals surface area contributed by atoms with Gasteiger partial charge in [-0.1, -0.05) is 30.3 Å². The molecule has 0 fully saturated rings. The van der Waals surface area contributed by atoms with Gasteiger partial charge in [-0.05, 0) is 64.3 Å². The molecule has 1 unspecified atom stereocenters. The van der Waals surface area contributed by atoms with Crippen LogP contribution in [0.5, 0.6) is 0 Å². The molecule has 1 amide bonds. The summed E-state index contributed by atoms with van der Waals surface area (Å²) in [5, 5.41) is 14.1. The topological polar surface area (TPSA) is 72.2 Å². The minimum atomic E-state index is -0.288. The van der Waals surface area contributed by atoms with Crippen molar-refractivity contribution in [3.63, 3.8) is 0 Å². The average molecular weight is 440 g/mol. The van der Waals surface area contributed by atoms with E-state index in [2.05, 4.69) is 63.9 Å². The van der Waals surface area contributed by atoms with E-state index in [4.69, 9.17) is 0 Å². The Hall–Kier alpha value is -2.45. The Labute approximate surface area is 184 Å². The first-order chi connectivity index (χ1) is 14.3. The van der Waals surface area contributed by atoms with E-state index < -0.39 is 0 Å². The van der Waals surface area contributed by atoms with Gasteiger partial charge in [0.05, 0.1) is 16.5 Å². The van der Waals surface area contributed by atoms with Gasteiger partial charge < -0.3 is 5.32 Å². The third-order valence-corrected chi connectivity index (χ3v) is 7.56. The van der Waals surface area contributed by atoms with Gasteiger partial charge in [-0.15, -0.1) is 21.5 Å². The van der Waals surface area contributed by atoms with Crippen molar-refractivity contribution in [1.29, 1.82) is 0 Å². The van der Waals surface area contributed by atoms with Crippen LogP contribution in [0.1, 0.15) is 40.6 Å². The number of thioether (sulfide) groups is 1. The Morgan fingerprint density at radius 2 is 1.90 bits per heavy atom. The maximum Gasteiger partial charge on any atom is 0.239 e. The van der Waals surface area contributed by atoms with Crippen LogP contribution in [0.25, 0.3) is 16.6 Å². The summed E-state index contributed by atoms with van der Waals surface area (Å²) in [4.78, 5) is 18.5. The standard InChI is InChI=1S/C22H25N5OS2/c1-7-17(20(28)24-21-23-14(5)15(6)29-21)30-22-26-25-18-10-12(3)16-9-11(2)8-13(4)19(16)27(18)22/h8-10,17H,7H2,1-6H3,(H,23,24,28). The third-order valence-electron chi connectivity index (χ3n) is 5.27. The predicted molar refractivity (Wildman–Crippen MR) is 125 cm³/mol. The summed E-state index contributed by atoms with van der Waals surface area (Å²) in [6.07, 6.45) is 0.677. The number of nitrogens with one attached hydrogen (secondary N) is 1. The van der Waals surface area contributed by atoms with Crippen LogP contribution in [0.3, 0.4) is 0 Å². The second-order valence-electron chi connectivity index (χ2n) is 7.65. The van der Waals surface area contributed by atoms with Crippen LogP contribution in [0.15, 0.2) is 23.4 Å². The van der Waals surface area contributed by atoms with Crippen molar-refractivity contribution in [2.75, 3.05) is 5.32 Å². The number of rotatable bonds is 5. The average Bonchev–Trinajstić information content (AvgIpc) is 3.21. The van der Waals surface area contributed by atoms with Crippen LogP contribution in [-0.2, 0) is 4.79 Å². The number of nitrogens with zero attached hydrogens (tertiary/aromatic N) is 4. The molecule has 8 heteroatoms. The molecule has 0 aliphatic carbocycles. The zero-order chi connectivity index (χ0) is 21.6. The summed E-state index contributed by atoms with van der Waals surface area (Å²) in [5.74, 6) is -0.0583. The molecule has 3 aromatic heterocycles. The maximum atomic E-state index is 12.9. The molecule has 1 aromatic carbocycles. The minimum absolute atomic E-state index is 0.0583. The maximum absolute atomic E-state index is 12.9. The van der Waals surface area contributed by atoms with Crippen LogP contribution < -0.4 is 5.32 Å². The normalized spacial score (nSPS) is 12.6. The molecular formula is C22H25N5OS2. The van der Waals surface area contributed by atoms with E-state index in [9.17, 15) is 4.79 Å². The Morgan fingerprint density at radius 1 is 1.13 bits per heavy atom. The molecule has 0 aliphatic rings. The molecule has 4 rings (SSSR count). The lowest BCUT2D eigenvalue weighted by Crippen LogP contribution is -2.24. The molecule has 4 aromatic rings.